The molecule has 1 atom stereocenters. The Balaban J connectivity index is 2.74. The Kier molecular flexibility index (Phi) is 5.45. The largest absolute Gasteiger partial charge is 0.493 e. The fourth-order valence-electron chi connectivity index (χ4n) is 1.60. The van der Waals surface area contributed by atoms with Crippen LogP contribution < -0.4 is 20.5 Å². The molecule has 3 N–H and O–H groups in total. The average molecular weight is 252 g/mol. The zero-order valence-electron chi connectivity index (χ0n) is 11.0. The van der Waals surface area contributed by atoms with Crippen molar-refractivity contribution in [3.8, 4) is 11.5 Å². The van der Waals surface area contributed by atoms with Crippen molar-refractivity contribution in [2.75, 3.05) is 20.8 Å². The van der Waals surface area contributed by atoms with Gasteiger partial charge in [0.2, 0.25) is 5.91 Å². The molecule has 0 fully saturated rings. The predicted molar refractivity (Wildman–Crippen MR) is 69.9 cm³/mol. The second-order valence-electron chi connectivity index (χ2n) is 4.11. The van der Waals surface area contributed by atoms with Crippen LogP contribution in [0.15, 0.2) is 18.2 Å². The van der Waals surface area contributed by atoms with Crippen molar-refractivity contribution in [1.29, 1.82) is 0 Å². The fourth-order valence-corrected chi connectivity index (χ4v) is 1.60. The zero-order chi connectivity index (χ0) is 13.5. The number of rotatable bonds is 6. The van der Waals surface area contributed by atoms with Crippen molar-refractivity contribution in [2.24, 2.45) is 5.73 Å². The Morgan fingerprint density at radius 3 is 2.67 bits per heavy atom. The van der Waals surface area contributed by atoms with E-state index in [1.54, 1.807) is 20.3 Å². The summed E-state index contributed by atoms with van der Waals surface area (Å²) in [5, 5.41) is 2.76. The number of hydrogen-bond acceptors (Lipinski definition) is 4. The third-order valence-corrected chi connectivity index (χ3v) is 2.46. The third-order valence-electron chi connectivity index (χ3n) is 2.46. The van der Waals surface area contributed by atoms with Crippen molar-refractivity contribution >= 4 is 5.91 Å². The predicted octanol–water partition coefficient (Wildman–Crippen LogP) is 0.710. The lowest BCUT2D eigenvalue weighted by Gasteiger charge is -2.13. The van der Waals surface area contributed by atoms with Crippen molar-refractivity contribution in [1.82, 2.24) is 5.32 Å². The number of hydrogen-bond donors (Lipinski definition) is 2. The van der Waals surface area contributed by atoms with Crippen LogP contribution in [0.1, 0.15) is 12.5 Å². The van der Waals surface area contributed by atoms with E-state index in [0.29, 0.717) is 18.0 Å². The fraction of sp³-hybridized carbons (Fsp3) is 0.462. The van der Waals surface area contributed by atoms with Gasteiger partial charge in [-0.15, -0.1) is 0 Å². The van der Waals surface area contributed by atoms with E-state index >= 15 is 0 Å². The van der Waals surface area contributed by atoms with Gasteiger partial charge in [-0.25, -0.2) is 0 Å². The first-order chi connectivity index (χ1) is 8.58. The normalized spacial score (nSPS) is 11.8. The molecule has 1 amide bonds. The number of ether oxygens (including phenoxy) is 2. The molecule has 100 valence electrons. The maximum absolute atomic E-state index is 11.7. The second-order valence-corrected chi connectivity index (χ2v) is 4.11. The van der Waals surface area contributed by atoms with Crippen LogP contribution in [-0.4, -0.2) is 32.7 Å². The maximum Gasteiger partial charge on any atom is 0.224 e. The van der Waals surface area contributed by atoms with Gasteiger partial charge in [0, 0.05) is 18.2 Å². The van der Waals surface area contributed by atoms with Gasteiger partial charge >= 0.3 is 0 Å². The molecule has 1 aromatic carbocycles. The molecule has 0 aliphatic heterocycles. The van der Waals surface area contributed by atoms with Crippen LogP contribution in [-0.2, 0) is 11.2 Å². The van der Waals surface area contributed by atoms with Crippen LogP contribution in [0.25, 0.3) is 0 Å². The standard InChI is InChI=1S/C13H20N2O3/c1-9(14)8-15-12(16)7-10-5-4-6-11(17-2)13(10)18-3/h4-6,9H,7-8,14H2,1-3H3,(H,15,16). The Morgan fingerprint density at radius 1 is 1.39 bits per heavy atom. The highest BCUT2D eigenvalue weighted by Gasteiger charge is 2.12. The summed E-state index contributed by atoms with van der Waals surface area (Å²) < 4.78 is 10.4. The molecule has 0 saturated heterocycles. The van der Waals surface area contributed by atoms with E-state index in [1.807, 2.05) is 19.1 Å². The molecule has 1 rings (SSSR count). The first-order valence-corrected chi connectivity index (χ1v) is 5.80. The number of carbonyl (C=O) groups is 1. The summed E-state index contributed by atoms with van der Waals surface area (Å²) in [6.07, 6.45) is 0.243. The smallest absolute Gasteiger partial charge is 0.224 e. The molecule has 0 spiro atoms. The number of methoxy groups -OCH3 is 2. The van der Waals surface area contributed by atoms with Gasteiger partial charge in [0.15, 0.2) is 11.5 Å². The zero-order valence-corrected chi connectivity index (χ0v) is 11.0. The van der Waals surface area contributed by atoms with Gasteiger partial charge in [-0.1, -0.05) is 12.1 Å². The Labute approximate surface area is 107 Å². The minimum Gasteiger partial charge on any atom is -0.493 e. The number of nitrogens with one attached hydrogen (secondary N) is 1. The lowest BCUT2D eigenvalue weighted by atomic mass is 10.1. The molecular weight excluding hydrogens is 232 g/mol. The second kappa shape index (κ2) is 6.86. The van der Waals surface area contributed by atoms with Crippen molar-refractivity contribution in [3.05, 3.63) is 23.8 Å². The maximum atomic E-state index is 11.7. The Bertz CT molecular complexity index is 405. The summed E-state index contributed by atoms with van der Waals surface area (Å²) in [4.78, 5) is 11.7. The van der Waals surface area contributed by atoms with E-state index in [1.165, 1.54) is 0 Å². The number of nitrogens with two attached hydrogens (primary N) is 1. The highest BCUT2D eigenvalue weighted by atomic mass is 16.5. The van der Waals surface area contributed by atoms with Crippen LogP contribution in [0.4, 0.5) is 0 Å². The van der Waals surface area contributed by atoms with Gasteiger partial charge in [0.05, 0.1) is 20.6 Å². The van der Waals surface area contributed by atoms with Crippen LogP contribution in [0.3, 0.4) is 0 Å². The van der Waals surface area contributed by atoms with Crippen molar-refractivity contribution < 1.29 is 14.3 Å². The number of benzene rings is 1. The Morgan fingerprint density at radius 2 is 2.11 bits per heavy atom. The van der Waals surface area contributed by atoms with Crippen LogP contribution >= 0.6 is 0 Å². The van der Waals surface area contributed by atoms with Crippen LogP contribution in [0.2, 0.25) is 0 Å². The third kappa shape index (κ3) is 3.92. The highest BCUT2D eigenvalue weighted by Crippen LogP contribution is 2.30. The van der Waals surface area contributed by atoms with E-state index in [-0.39, 0.29) is 18.4 Å². The molecule has 0 heterocycles. The molecule has 0 bridgehead atoms. The molecule has 0 aliphatic rings. The van der Waals surface area contributed by atoms with E-state index in [9.17, 15) is 4.79 Å². The minimum atomic E-state index is -0.0844. The summed E-state index contributed by atoms with van der Waals surface area (Å²) >= 11 is 0. The molecule has 0 aliphatic carbocycles. The first kappa shape index (κ1) is 14.3. The summed E-state index contributed by atoms with van der Waals surface area (Å²) in [7, 11) is 3.12. The molecule has 0 aromatic heterocycles. The van der Waals surface area contributed by atoms with Crippen molar-refractivity contribution in [2.45, 2.75) is 19.4 Å². The van der Waals surface area contributed by atoms with E-state index < -0.39 is 0 Å². The topological polar surface area (TPSA) is 73.6 Å². The van der Waals surface area contributed by atoms with Crippen LogP contribution in [0.5, 0.6) is 11.5 Å². The average Bonchev–Trinajstić information content (AvgIpc) is 2.36. The summed E-state index contributed by atoms with van der Waals surface area (Å²) in [5.74, 6) is 1.13. The monoisotopic (exact) mass is 252 g/mol. The first-order valence-electron chi connectivity index (χ1n) is 5.80. The minimum absolute atomic E-state index is 0.0545. The van der Waals surface area contributed by atoms with Gasteiger partial charge in [-0.05, 0) is 13.0 Å². The lowest BCUT2D eigenvalue weighted by Crippen LogP contribution is -2.35. The molecule has 5 heteroatoms. The molecule has 1 unspecified atom stereocenters. The molecule has 18 heavy (non-hydrogen) atoms. The number of carbonyl (C=O) groups excluding carboxylic acids is 1. The molecule has 1 aromatic rings. The van der Waals surface area contributed by atoms with E-state index in [4.69, 9.17) is 15.2 Å². The number of para-hydroxylation sites is 1. The lowest BCUT2D eigenvalue weighted by molar-refractivity contribution is -0.120. The Hall–Kier alpha value is -1.75. The summed E-state index contributed by atoms with van der Waals surface area (Å²) in [6, 6.07) is 5.41. The van der Waals surface area contributed by atoms with Gasteiger partial charge in [-0.2, -0.15) is 0 Å². The van der Waals surface area contributed by atoms with Gasteiger partial charge in [-0.3, -0.25) is 4.79 Å². The SMILES string of the molecule is COc1cccc(CC(=O)NCC(C)N)c1OC. The summed E-state index contributed by atoms with van der Waals surface area (Å²) in [5.41, 5.74) is 6.37. The highest BCUT2D eigenvalue weighted by molar-refractivity contribution is 5.79. The molecule has 5 nitrogen and oxygen atoms in total. The number of amides is 1. The molecule has 0 radical (unpaired) electrons. The summed E-state index contributed by atoms with van der Waals surface area (Å²) in [6.45, 7) is 2.30. The molecule has 0 saturated carbocycles. The van der Waals surface area contributed by atoms with E-state index in [0.717, 1.165) is 5.56 Å². The van der Waals surface area contributed by atoms with Gasteiger partial charge in [0.1, 0.15) is 0 Å². The van der Waals surface area contributed by atoms with Gasteiger partial charge < -0.3 is 20.5 Å². The van der Waals surface area contributed by atoms with Gasteiger partial charge in [0.25, 0.3) is 0 Å². The quantitative estimate of drug-likeness (QED) is 0.782. The van der Waals surface area contributed by atoms with Crippen molar-refractivity contribution in [3.63, 3.8) is 0 Å². The van der Waals surface area contributed by atoms with E-state index in [2.05, 4.69) is 5.32 Å². The molecular formula is C13H20N2O3. The van der Waals surface area contributed by atoms with Crippen LogP contribution in [0, 0.1) is 0 Å².